The Balaban J connectivity index is 2.12. The largest absolute Gasteiger partial charge is 0.377 e. The molecule has 2 heteroatoms. The molecule has 1 fully saturated rings. The molecule has 0 aromatic rings. The quantitative estimate of drug-likeness (QED) is 0.735. The second-order valence-corrected chi connectivity index (χ2v) is 4.57. The summed E-state index contributed by atoms with van der Waals surface area (Å²) in [4.78, 5) is 0. The molecular formula is C12H25NO. The summed E-state index contributed by atoms with van der Waals surface area (Å²) in [7, 11) is 0. The average Bonchev–Trinajstić information content (AvgIpc) is 2.26. The van der Waals surface area contributed by atoms with Crippen LogP contribution < -0.4 is 5.32 Å². The van der Waals surface area contributed by atoms with E-state index in [0.717, 1.165) is 19.1 Å². The van der Waals surface area contributed by atoms with Gasteiger partial charge in [-0.05, 0) is 32.1 Å². The van der Waals surface area contributed by atoms with Gasteiger partial charge in [0.2, 0.25) is 0 Å². The van der Waals surface area contributed by atoms with Gasteiger partial charge in [0.15, 0.2) is 0 Å². The number of ether oxygens (including phenoxy) is 1. The van der Waals surface area contributed by atoms with Crippen molar-refractivity contribution in [2.24, 2.45) is 5.92 Å². The first-order valence-electron chi connectivity index (χ1n) is 6.09. The van der Waals surface area contributed by atoms with E-state index in [2.05, 4.69) is 26.1 Å². The molecule has 0 radical (unpaired) electrons. The zero-order chi connectivity index (χ0) is 10.4. The van der Waals surface area contributed by atoms with Gasteiger partial charge in [-0.15, -0.1) is 0 Å². The third kappa shape index (κ3) is 3.97. The van der Waals surface area contributed by atoms with Gasteiger partial charge in [0, 0.05) is 19.2 Å². The second kappa shape index (κ2) is 6.41. The lowest BCUT2D eigenvalue weighted by molar-refractivity contribution is 0.0147. The Morgan fingerprint density at radius 2 is 2.14 bits per heavy atom. The van der Waals surface area contributed by atoms with Crippen molar-refractivity contribution in [2.75, 3.05) is 13.2 Å². The van der Waals surface area contributed by atoms with Crippen LogP contribution in [0.15, 0.2) is 0 Å². The van der Waals surface area contributed by atoms with Crippen molar-refractivity contribution in [2.45, 2.75) is 58.6 Å². The minimum absolute atomic E-state index is 0.468. The van der Waals surface area contributed by atoms with Crippen LogP contribution in [0.2, 0.25) is 0 Å². The zero-order valence-corrected chi connectivity index (χ0v) is 9.88. The lowest BCUT2D eigenvalue weighted by Crippen LogP contribution is -2.39. The maximum absolute atomic E-state index is 5.68. The molecule has 3 unspecified atom stereocenters. The third-order valence-electron chi connectivity index (χ3n) is 3.44. The predicted molar refractivity (Wildman–Crippen MR) is 60.5 cm³/mol. The SMILES string of the molecule is CCC(C)C(C)NCC1CCCCO1. The van der Waals surface area contributed by atoms with Crippen LogP contribution in [-0.2, 0) is 4.74 Å². The fourth-order valence-corrected chi connectivity index (χ4v) is 1.84. The first-order valence-corrected chi connectivity index (χ1v) is 6.09. The molecule has 0 saturated carbocycles. The summed E-state index contributed by atoms with van der Waals surface area (Å²) in [6, 6.07) is 0.616. The molecular weight excluding hydrogens is 174 g/mol. The van der Waals surface area contributed by atoms with Gasteiger partial charge in [0.1, 0.15) is 0 Å². The van der Waals surface area contributed by atoms with E-state index in [1.807, 2.05) is 0 Å². The molecule has 1 aliphatic heterocycles. The standard InChI is InChI=1S/C12H25NO/c1-4-10(2)11(3)13-9-12-7-5-6-8-14-12/h10-13H,4-9H2,1-3H3. The summed E-state index contributed by atoms with van der Waals surface area (Å²) in [6.45, 7) is 8.83. The summed E-state index contributed by atoms with van der Waals surface area (Å²) in [5.74, 6) is 0.763. The molecule has 14 heavy (non-hydrogen) atoms. The Hall–Kier alpha value is -0.0800. The molecule has 1 N–H and O–H groups in total. The fraction of sp³-hybridized carbons (Fsp3) is 1.00. The highest BCUT2D eigenvalue weighted by atomic mass is 16.5. The monoisotopic (exact) mass is 199 g/mol. The van der Waals surface area contributed by atoms with Crippen LogP contribution in [0.1, 0.15) is 46.5 Å². The predicted octanol–water partition coefficient (Wildman–Crippen LogP) is 2.58. The highest BCUT2D eigenvalue weighted by Gasteiger charge is 2.16. The molecule has 0 aromatic heterocycles. The maximum Gasteiger partial charge on any atom is 0.0699 e. The van der Waals surface area contributed by atoms with Gasteiger partial charge in [-0.1, -0.05) is 20.3 Å². The summed E-state index contributed by atoms with van der Waals surface area (Å²) in [5.41, 5.74) is 0. The molecule has 0 amide bonds. The molecule has 1 aliphatic rings. The second-order valence-electron chi connectivity index (χ2n) is 4.57. The summed E-state index contributed by atoms with van der Waals surface area (Å²) >= 11 is 0. The van der Waals surface area contributed by atoms with Crippen molar-refractivity contribution in [3.05, 3.63) is 0 Å². The van der Waals surface area contributed by atoms with Crippen LogP contribution >= 0.6 is 0 Å². The number of rotatable bonds is 5. The lowest BCUT2D eigenvalue weighted by Gasteiger charge is -2.26. The Morgan fingerprint density at radius 3 is 2.71 bits per heavy atom. The first-order chi connectivity index (χ1) is 6.74. The van der Waals surface area contributed by atoms with Gasteiger partial charge in [0.05, 0.1) is 6.10 Å². The van der Waals surface area contributed by atoms with Crippen LogP contribution in [-0.4, -0.2) is 25.3 Å². The van der Waals surface area contributed by atoms with Crippen LogP contribution in [0.25, 0.3) is 0 Å². The highest BCUT2D eigenvalue weighted by Crippen LogP contribution is 2.13. The maximum atomic E-state index is 5.68. The first kappa shape index (κ1) is 12.0. The smallest absolute Gasteiger partial charge is 0.0699 e. The number of nitrogens with one attached hydrogen (secondary N) is 1. The normalized spacial score (nSPS) is 27.2. The highest BCUT2D eigenvalue weighted by molar-refractivity contribution is 4.72. The third-order valence-corrected chi connectivity index (χ3v) is 3.44. The van der Waals surface area contributed by atoms with Gasteiger partial charge >= 0.3 is 0 Å². The molecule has 3 atom stereocenters. The van der Waals surface area contributed by atoms with E-state index in [0.29, 0.717) is 12.1 Å². The molecule has 2 nitrogen and oxygen atoms in total. The van der Waals surface area contributed by atoms with E-state index < -0.39 is 0 Å². The van der Waals surface area contributed by atoms with Crippen molar-refractivity contribution in [1.29, 1.82) is 0 Å². The minimum atomic E-state index is 0.468. The number of hydrogen-bond donors (Lipinski definition) is 1. The molecule has 84 valence electrons. The van der Waals surface area contributed by atoms with Gasteiger partial charge < -0.3 is 10.1 Å². The molecule has 1 rings (SSSR count). The molecule has 0 aromatic carbocycles. The van der Waals surface area contributed by atoms with Crippen LogP contribution in [0.5, 0.6) is 0 Å². The molecule has 1 heterocycles. The average molecular weight is 199 g/mol. The number of hydrogen-bond acceptors (Lipinski definition) is 2. The minimum Gasteiger partial charge on any atom is -0.377 e. The van der Waals surface area contributed by atoms with Gasteiger partial charge in [-0.3, -0.25) is 0 Å². The zero-order valence-electron chi connectivity index (χ0n) is 9.88. The van der Waals surface area contributed by atoms with Gasteiger partial charge in [-0.25, -0.2) is 0 Å². The topological polar surface area (TPSA) is 21.3 Å². The molecule has 0 bridgehead atoms. The van der Waals surface area contributed by atoms with E-state index in [1.165, 1.54) is 25.7 Å². The van der Waals surface area contributed by atoms with Gasteiger partial charge in [-0.2, -0.15) is 0 Å². The summed E-state index contributed by atoms with van der Waals surface area (Å²) in [6.07, 6.45) is 5.54. The summed E-state index contributed by atoms with van der Waals surface area (Å²) < 4.78 is 5.68. The van der Waals surface area contributed by atoms with Crippen molar-refractivity contribution in [3.8, 4) is 0 Å². The van der Waals surface area contributed by atoms with E-state index in [9.17, 15) is 0 Å². The van der Waals surface area contributed by atoms with Gasteiger partial charge in [0.25, 0.3) is 0 Å². The van der Waals surface area contributed by atoms with Crippen molar-refractivity contribution < 1.29 is 4.74 Å². The van der Waals surface area contributed by atoms with E-state index in [-0.39, 0.29) is 0 Å². The Labute approximate surface area is 88.4 Å². The molecule has 0 spiro atoms. The van der Waals surface area contributed by atoms with Crippen LogP contribution in [0.4, 0.5) is 0 Å². The van der Waals surface area contributed by atoms with E-state index >= 15 is 0 Å². The lowest BCUT2D eigenvalue weighted by atomic mass is 10.0. The molecule has 1 saturated heterocycles. The van der Waals surface area contributed by atoms with E-state index in [1.54, 1.807) is 0 Å². The Morgan fingerprint density at radius 1 is 1.36 bits per heavy atom. The van der Waals surface area contributed by atoms with Crippen LogP contribution in [0.3, 0.4) is 0 Å². The van der Waals surface area contributed by atoms with Crippen molar-refractivity contribution in [3.63, 3.8) is 0 Å². The Kier molecular flexibility index (Phi) is 5.49. The fourth-order valence-electron chi connectivity index (χ4n) is 1.84. The van der Waals surface area contributed by atoms with E-state index in [4.69, 9.17) is 4.74 Å². The summed E-state index contributed by atoms with van der Waals surface area (Å²) in [5, 5.41) is 3.58. The van der Waals surface area contributed by atoms with Crippen molar-refractivity contribution in [1.82, 2.24) is 5.32 Å². The van der Waals surface area contributed by atoms with Crippen molar-refractivity contribution >= 4 is 0 Å². The van der Waals surface area contributed by atoms with Crippen LogP contribution in [0, 0.1) is 5.92 Å². The molecule has 0 aliphatic carbocycles. The Bertz CT molecular complexity index is 141.